The van der Waals surface area contributed by atoms with Crippen molar-refractivity contribution in [2.75, 3.05) is 17.5 Å². The predicted octanol–water partition coefficient (Wildman–Crippen LogP) is 4.64. The van der Waals surface area contributed by atoms with Crippen LogP contribution in [0.5, 0.6) is 0 Å². The molecule has 4 rings (SSSR count). The van der Waals surface area contributed by atoms with E-state index in [0.29, 0.717) is 16.6 Å². The van der Waals surface area contributed by atoms with Crippen LogP contribution in [-0.2, 0) is 0 Å². The van der Waals surface area contributed by atoms with Crippen molar-refractivity contribution in [3.8, 4) is 0 Å². The number of aromatic nitrogens is 2. The lowest BCUT2D eigenvalue weighted by Crippen LogP contribution is -2.25. The second-order valence-corrected chi connectivity index (χ2v) is 6.29. The third kappa shape index (κ3) is 3.00. The van der Waals surface area contributed by atoms with Crippen molar-refractivity contribution in [1.29, 1.82) is 0 Å². The van der Waals surface area contributed by atoms with Gasteiger partial charge in [-0.1, -0.05) is 24.3 Å². The van der Waals surface area contributed by atoms with Gasteiger partial charge >= 0.3 is 0 Å². The largest absolute Gasteiger partial charge is 0.295 e. The number of hydrogen-bond acceptors (Lipinski definition) is 7. The third-order valence-electron chi connectivity index (χ3n) is 3.87. The summed E-state index contributed by atoms with van der Waals surface area (Å²) in [6.45, 7) is 0. The Balaban J connectivity index is 0.00000196. The fraction of sp³-hybridized carbons (Fsp3) is 0.0588. The SMILES string of the molecule is CN(Nc1c2ccccc2nc2cccc([N+](=O)[O-])c12)c1nccs1.Cl. The van der Waals surface area contributed by atoms with E-state index in [1.165, 1.54) is 17.4 Å². The third-order valence-corrected chi connectivity index (χ3v) is 4.72. The van der Waals surface area contributed by atoms with E-state index in [9.17, 15) is 10.1 Å². The molecule has 0 aliphatic carbocycles. The van der Waals surface area contributed by atoms with E-state index < -0.39 is 0 Å². The molecule has 0 saturated heterocycles. The number of fused-ring (bicyclic) bond motifs is 2. The van der Waals surface area contributed by atoms with Gasteiger partial charge in [0.2, 0.25) is 5.13 Å². The summed E-state index contributed by atoms with van der Waals surface area (Å²) in [7, 11) is 1.83. The van der Waals surface area contributed by atoms with Crippen molar-refractivity contribution in [2.24, 2.45) is 0 Å². The number of hydrazine groups is 1. The lowest BCUT2D eigenvalue weighted by Gasteiger charge is -2.21. The van der Waals surface area contributed by atoms with Gasteiger partial charge in [0.05, 0.1) is 21.6 Å². The van der Waals surface area contributed by atoms with Crippen LogP contribution in [0.25, 0.3) is 21.8 Å². The first-order valence-corrected chi connectivity index (χ1v) is 8.39. The highest BCUT2D eigenvalue weighted by Gasteiger charge is 2.20. The van der Waals surface area contributed by atoms with Crippen molar-refractivity contribution in [1.82, 2.24) is 9.97 Å². The van der Waals surface area contributed by atoms with Gasteiger partial charge in [0.1, 0.15) is 5.39 Å². The normalized spacial score (nSPS) is 10.5. The molecular formula is C17H14ClN5O2S. The standard InChI is InChI=1S/C17H13N5O2S.ClH/c1-21(17-18-9-10-25-17)20-16-11-5-2-3-6-12(11)19-13-7-4-8-14(15(13)16)22(23)24;/h2-10H,1H3,(H,19,20);1H. The number of pyridine rings is 1. The van der Waals surface area contributed by atoms with Crippen LogP contribution in [0.1, 0.15) is 0 Å². The number of benzene rings is 2. The zero-order valence-electron chi connectivity index (χ0n) is 13.6. The number of hydrogen-bond donors (Lipinski definition) is 1. The number of para-hydroxylation sites is 1. The Bertz CT molecular complexity index is 1090. The molecule has 0 atom stereocenters. The number of anilines is 2. The second-order valence-electron chi connectivity index (χ2n) is 5.42. The second kappa shape index (κ2) is 7.11. The van der Waals surface area contributed by atoms with Crippen molar-refractivity contribution in [3.05, 3.63) is 64.2 Å². The van der Waals surface area contributed by atoms with E-state index in [4.69, 9.17) is 0 Å². The molecule has 1 N–H and O–H groups in total. The summed E-state index contributed by atoms with van der Waals surface area (Å²) in [5.74, 6) is 0. The number of non-ortho nitro benzene ring substituents is 1. The van der Waals surface area contributed by atoms with Gasteiger partial charge in [-0.3, -0.25) is 20.5 Å². The van der Waals surface area contributed by atoms with E-state index in [1.54, 1.807) is 23.3 Å². The molecule has 0 aliphatic heterocycles. The highest BCUT2D eigenvalue weighted by atomic mass is 35.5. The number of nitrogens with zero attached hydrogens (tertiary/aromatic N) is 4. The fourth-order valence-corrected chi connectivity index (χ4v) is 3.36. The molecule has 0 radical (unpaired) electrons. The van der Waals surface area contributed by atoms with E-state index in [1.807, 2.05) is 36.7 Å². The molecule has 0 saturated carbocycles. The molecule has 4 aromatic rings. The smallest absolute Gasteiger partial charge is 0.280 e. The summed E-state index contributed by atoms with van der Waals surface area (Å²) in [5.41, 5.74) is 5.27. The number of rotatable bonds is 4. The molecule has 9 heteroatoms. The van der Waals surface area contributed by atoms with Crippen LogP contribution in [0, 0.1) is 10.1 Å². The van der Waals surface area contributed by atoms with Gasteiger partial charge in [0.15, 0.2) is 0 Å². The molecular weight excluding hydrogens is 374 g/mol. The van der Waals surface area contributed by atoms with Crippen LogP contribution in [0.15, 0.2) is 54.0 Å². The minimum Gasteiger partial charge on any atom is -0.295 e. The molecule has 132 valence electrons. The summed E-state index contributed by atoms with van der Waals surface area (Å²) < 4.78 is 0. The Hall–Kier alpha value is -2.97. The van der Waals surface area contributed by atoms with Gasteiger partial charge in [-0.2, -0.15) is 0 Å². The van der Waals surface area contributed by atoms with Gasteiger partial charge in [-0.15, -0.1) is 23.7 Å². The van der Waals surface area contributed by atoms with Crippen molar-refractivity contribution < 1.29 is 4.92 Å². The predicted molar refractivity (Wildman–Crippen MR) is 107 cm³/mol. The molecule has 0 spiro atoms. The molecule has 0 amide bonds. The quantitative estimate of drug-likeness (QED) is 0.312. The van der Waals surface area contributed by atoms with Gasteiger partial charge in [0, 0.05) is 30.1 Å². The lowest BCUT2D eigenvalue weighted by atomic mass is 10.1. The fourth-order valence-electron chi connectivity index (χ4n) is 2.79. The minimum absolute atomic E-state index is 0. The number of halogens is 1. The van der Waals surface area contributed by atoms with Crippen LogP contribution >= 0.6 is 23.7 Å². The summed E-state index contributed by atoms with van der Waals surface area (Å²) in [6.07, 6.45) is 1.71. The Kier molecular flexibility index (Phi) is 4.88. The van der Waals surface area contributed by atoms with Gasteiger partial charge < -0.3 is 0 Å². The van der Waals surface area contributed by atoms with E-state index in [2.05, 4.69) is 15.4 Å². The minimum atomic E-state index is -0.382. The van der Waals surface area contributed by atoms with Crippen molar-refractivity contribution in [2.45, 2.75) is 0 Å². The van der Waals surface area contributed by atoms with E-state index in [-0.39, 0.29) is 23.0 Å². The molecule has 0 unspecified atom stereocenters. The van der Waals surface area contributed by atoms with E-state index >= 15 is 0 Å². The van der Waals surface area contributed by atoms with Crippen LogP contribution in [0.3, 0.4) is 0 Å². The monoisotopic (exact) mass is 387 g/mol. The first-order chi connectivity index (χ1) is 12.1. The summed E-state index contributed by atoms with van der Waals surface area (Å²) in [4.78, 5) is 20.0. The molecule has 0 fully saturated rings. The maximum atomic E-state index is 11.5. The number of nitrogens with one attached hydrogen (secondary N) is 1. The number of nitro groups is 1. The zero-order valence-corrected chi connectivity index (χ0v) is 15.3. The molecule has 2 heterocycles. The van der Waals surface area contributed by atoms with Gasteiger partial charge in [0.25, 0.3) is 5.69 Å². The number of thiazole rings is 1. The maximum absolute atomic E-state index is 11.5. The van der Waals surface area contributed by atoms with Crippen molar-refractivity contribution in [3.63, 3.8) is 0 Å². The molecule has 2 aromatic carbocycles. The summed E-state index contributed by atoms with van der Waals surface area (Å²) in [6, 6.07) is 12.5. The molecule has 0 bridgehead atoms. The first-order valence-electron chi connectivity index (χ1n) is 7.51. The Labute approximate surface area is 158 Å². The van der Waals surface area contributed by atoms with Crippen molar-refractivity contribution >= 4 is 62.1 Å². The van der Waals surface area contributed by atoms with Crippen LogP contribution in [0.2, 0.25) is 0 Å². The average molecular weight is 388 g/mol. The van der Waals surface area contributed by atoms with Crippen LogP contribution < -0.4 is 10.4 Å². The molecule has 2 aromatic heterocycles. The topological polar surface area (TPSA) is 84.2 Å². The Morgan fingerprint density at radius 2 is 1.92 bits per heavy atom. The molecule has 0 aliphatic rings. The Morgan fingerprint density at radius 1 is 1.15 bits per heavy atom. The Morgan fingerprint density at radius 3 is 2.65 bits per heavy atom. The van der Waals surface area contributed by atoms with Crippen LogP contribution in [-0.4, -0.2) is 21.9 Å². The highest BCUT2D eigenvalue weighted by Crippen LogP contribution is 2.37. The van der Waals surface area contributed by atoms with Gasteiger partial charge in [-0.25, -0.2) is 9.97 Å². The lowest BCUT2D eigenvalue weighted by molar-refractivity contribution is -0.383. The van der Waals surface area contributed by atoms with Gasteiger partial charge in [-0.05, 0) is 12.1 Å². The average Bonchev–Trinajstić information content (AvgIpc) is 3.15. The summed E-state index contributed by atoms with van der Waals surface area (Å²) in [5, 5.41) is 17.2. The molecule has 26 heavy (non-hydrogen) atoms. The van der Waals surface area contributed by atoms with E-state index in [0.717, 1.165) is 16.0 Å². The first kappa shape index (κ1) is 17.8. The highest BCUT2D eigenvalue weighted by molar-refractivity contribution is 7.13. The summed E-state index contributed by atoms with van der Waals surface area (Å²) >= 11 is 1.47. The molecule has 7 nitrogen and oxygen atoms in total. The zero-order chi connectivity index (χ0) is 17.4. The van der Waals surface area contributed by atoms with Crippen LogP contribution in [0.4, 0.5) is 16.5 Å². The maximum Gasteiger partial charge on any atom is 0.280 e. The number of nitro benzene ring substituents is 1.